The molecule has 2 aliphatic heterocycles. The van der Waals surface area contributed by atoms with Crippen molar-refractivity contribution in [1.82, 2.24) is 9.36 Å². The van der Waals surface area contributed by atoms with Crippen LogP contribution in [0, 0.1) is 40.4 Å². The molecule has 8 heteroatoms. The van der Waals surface area contributed by atoms with Crippen LogP contribution in [-0.2, 0) is 30.1 Å². The maximum Gasteiger partial charge on any atom is 0.308 e. The van der Waals surface area contributed by atoms with Crippen LogP contribution in [-0.4, -0.2) is 41.9 Å². The zero-order valence-corrected chi connectivity index (χ0v) is 29.3. The molecule has 3 saturated carbocycles. The van der Waals surface area contributed by atoms with Gasteiger partial charge in [-0.1, -0.05) is 64.8 Å². The van der Waals surface area contributed by atoms with E-state index in [-0.39, 0.29) is 58.6 Å². The third-order valence-electron chi connectivity index (χ3n) is 14.2. The highest BCUT2D eigenvalue weighted by molar-refractivity contribution is 5.80. The van der Waals surface area contributed by atoms with Crippen LogP contribution >= 0.6 is 0 Å². The van der Waals surface area contributed by atoms with Crippen molar-refractivity contribution in [2.75, 3.05) is 20.5 Å². The van der Waals surface area contributed by atoms with Gasteiger partial charge in [0.25, 0.3) is 11.1 Å². The number of hydrogen-bond donors (Lipinski definition) is 0. The molecule has 3 heterocycles. The average molecular weight is 647 g/mol. The lowest BCUT2D eigenvalue weighted by Gasteiger charge is -2.72. The first-order valence-corrected chi connectivity index (χ1v) is 18.3. The van der Waals surface area contributed by atoms with Crippen LogP contribution in [0.15, 0.2) is 46.0 Å². The molecule has 47 heavy (non-hydrogen) atoms. The highest BCUT2D eigenvalue weighted by Gasteiger charge is 2.74. The Labute approximate surface area is 278 Å². The van der Waals surface area contributed by atoms with Gasteiger partial charge in [0.15, 0.2) is 0 Å². The smallest absolute Gasteiger partial charge is 0.308 e. The summed E-state index contributed by atoms with van der Waals surface area (Å²) in [5.74, 6) is 1.34. The van der Waals surface area contributed by atoms with Crippen molar-refractivity contribution in [1.29, 1.82) is 0 Å². The summed E-state index contributed by atoms with van der Waals surface area (Å²) in [5.41, 5.74) is -1.47. The Morgan fingerprint density at radius 3 is 2.36 bits per heavy atom. The van der Waals surface area contributed by atoms with Gasteiger partial charge < -0.3 is 14.2 Å². The number of rotatable bonds is 10. The summed E-state index contributed by atoms with van der Waals surface area (Å²) in [6.07, 6.45) is 14.5. The molecule has 4 unspecified atom stereocenters. The fourth-order valence-electron chi connectivity index (χ4n) is 12.1. The third kappa shape index (κ3) is 4.42. The normalized spacial score (nSPS) is 37.9. The van der Waals surface area contributed by atoms with Crippen LogP contribution in [0.25, 0.3) is 10.8 Å². The molecule has 0 amide bonds. The molecule has 4 aliphatic carbocycles. The van der Waals surface area contributed by atoms with Crippen molar-refractivity contribution in [2.24, 2.45) is 40.4 Å². The van der Waals surface area contributed by atoms with Crippen LogP contribution < -0.4 is 11.1 Å². The van der Waals surface area contributed by atoms with Gasteiger partial charge in [-0.25, -0.2) is 9.36 Å². The molecule has 3 fully saturated rings. The number of carbonyl (C=O) groups is 1. The molecule has 256 valence electrons. The van der Waals surface area contributed by atoms with Crippen molar-refractivity contribution in [3.8, 4) is 0 Å². The predicted octanol–water partition coefficient (Wildman–Crippen LogP) is 6.76. The highest BCUT2D eigenvalue weighted by Crippen LogP contribution is 2.74. The molecule has 6 aliphatic rings. The van der Waals surface area contributed by atoms with E-state index in [1.807, 2.05) is 47.5 Å². The van der Waals surface area contributed by atoms with Crippen molar-refractivity contribution < 1.29 is 19.0 Å². The maximum atomic E-state index is 14.9. The molecule has 8 rings (SSSR count). The molecule has 0 radical (unpaired) electrons. The number of nitrogens with zero attached hydrogens (tertiary/aromatic N) is 2. The molecule has 1 aromatic carbocycles. The van der Waals surface area contributed by atoms with Gasteiger partial charge in [-0.05, 0) is 93.1 Å². The average Bonchev–Trinajstić information content (AvgIpc) is 3.43. The first-order chi connectivity index (χ1) is 22.5. The number of fused-ring (bicyclic) bond motifs is 2. The molecular formula is C39H54N2O6. The molecule has 2 bridgehead atoms. The number of carbonyl (C=O) groups excluding carboxylic acids is 1. The third-order valence-corrected chi connectivity index (χ3v) is 14.2. The van der Waals surface area contributed by atoms with Gasteiger partial charge in [-0.15, -0.1) is 0 Å². The number of benzene rings is 1. The van der Waals surface area contributed by atoms with E-state index in [1.165, 1.54) is 0 Å². The van der Waals surface area contributed by atoms with Gasteiger partial charge >= 0.3 is 5.97 Å². The molecule has 10 atom stereocenters. The van der Waals surface area contributed by atoms with Crippen molar-refractivity contribution in [2.45, 2.75) is 116 Å². The largest absolute Gasteiger partial charge is 0.466 e. The predicted molar refractivity (Wildman–Crippen MR) is 182 cm³/mol. The number of aromatic nitrogens is 2. The van der Waals surface area contributed by atoms with E-state index < -0.39 is 11.1 Å². The van der Waals surface area contributed by atoms with Gasteiger partial charge in [0.05, 0.1) is 40.5 Å². The standard InChI is InChI=1S/C39H54N2O6/c1-7-46-35(44)26(3)12-10-11-25(2)30-15-16-31-36(30,4)19-18-32-37(5)20-17-27(47-24-45-6)23-38(37)21-22-39(31,32)41-34(43)29-14-9-8-13-28(29)33(42)40(38)41/h8-9,13-14,21-22,25-27,30-32H,7,10-12,15-20,23-24H2,1-6H3/t25-,26?,27?,30-,31-,32-,36-,37-,38?,39?/m1/s1. The second-order valence-corrected chi connectivity index (χ2v) is 16.2. The summed E-state index contributed by atoms with van der Waals surface area (Å²) < 4.78 is 20.7. The number of allylic oxidation sites excluding steroid dienone is 2. The molecular weight excluding hydrogens is 592 g/mol. The lowest BCUT2D eigenvalue weighted by Crippen LogP contribution is -2.78. The van der Waals surface area contributed by atoms with E-state index in [4.69, 9.17) is 14.2 Å². The van der Waals surface area contributed by atoms with Gasteiger partial charge in [0.2, 0.25) is 0 Å². The lowest BCUT2D eigenvalue weighted by atomic mass is 9.40. The van der Waals surface area contributed by atoms with Crippen LogP contribution in [0.1, 0.15) is 98.8 Å². The van der Waals surface area contributed by atoms with Crippen LogP contribution in [0.3, 0.4) is 0 Å². The zero-order valence-electron chi connectivity index (χ0n) is 29.3. The summed E-state index contributed by atoms with van der Waals surface area (Å²) in [6.45, 7) is 11.8. The van der Waals surface area contributed by atoms with E-state index in [0.717, 1.165) is 57.8 Å². The number of hydrogen-bond acceptors (Lipinski definition) is 6. The van der Waals surface area contributed by atoms with E-state index >= 15 is 0 Å². The Morgan fingerprint density at radius 2 is 1.66 bits per heavy atom. The summed E-state index contributed by atoms with van der Waals surface area (Å²) in [5, 5.41) is 1.03. The Bertz CT molecular complexity index is 1690. The van der Waals surface area contributed by atoms with E-state index in [9.17, 15) is 14.4 Å². The Balaban J connectivity index is 1.31. The van der Waals surface area contributed by atoms with Gasteiger partial charge in [0.1, 0.15) is 6.79 Å². The minimum atomic E-state index is -0.648. The Kier molecular flexibility index (Phi) is 8.18. The summed E-state index contributed by atoms with van der Waals surface area (Å²) >= 11 is 0. The van der Waals surface area contributed by atoms with Crippen LogP contribution in [0.4, 0.5) is 0 Å². The van der Waals surface area contributed by atoms with Gasteiger partial charge in [-0.3, -0.25) is 14.4 Å². The molecule has 1 aromatic heterocycles. The maximum absolute atomic E-state index is 14.9. The summed E-state index contributed by atoms with van der Waals surface area (Å²) in [4.78, 5) is 41.9. The minimum Gasteiger partial charge on any atom is -0.466 e. The van der Waals surface area contributed by atoms with E-state index in [1.54, 1.807) is 7.11 Å². The molecule has 0 saturated heterocycles. The molecule has 8 nitrogen and oxygen atoms in total. The summed E-state index contributed by atoms with van der Waals surface area (Å²) in [7, 11) is 1.64. The molecule has 2 spiro atoms. The fraction of sp³-hybridized carbons (Fsp3) is 0.718. The number of ether oxygens (including phenoxy) is 3. The van der Waals surface area contributed by atoms with Crippen molar-refractivity contribution >= 4 is 16.7 Å². The minimum absolute atomic E-state index is 0.0332. The second-order valence-electron chi connectivity index (χ2n) is 16.2. The summed E-state index contributed by atoms with van der Waals surface area (Å²) in [6, 6.07) is 7.41. The SMILES string of the molecule is CCOC(=O)C(C)CCC[C@@H](C)[C@H]1CC[C@H]2C34C=CC5(CC(OCOC)CC[C@]5(C)[C@H]3CC[C@]12C)n1c(=O)c2ccccc2c(=O)n14. The van der Waals surface area contributed by atoms with Gasteiger partial charge in [-0.2, -0.15) is 0 Å². The topological polar surface area (TPSA) is 88.8 Å². The van der Waals surface area contributed by atoms with Gasteiger partial charge in [0, 0.05) is 18.9 Å². The molecule has 0 N–H and O–H groups in total. The van der Waals surface area contributed by atoms with Crippen molar-refractivity contribution in [3.63, 3.8) is 0 Å². The Morgan fingerprint density at radius 1 is 0.936 bits per heavy atom. The number of esters is 1. The number of methoxy groups -OCH3 is 1. The van der Waals surface area contributed by atoms with E-state index in [0.29, 0.717) is 35.6 Å². The first-order valence-electron chi connectivity index (χ1n) is 18.3. The quantitative estimate of drug-likeness (QED) is 0.161. The van der Waals surface area contributed by atoms with Crippen LogP contribution in [0.5, 0.6) is 0 Å². The zero-order chi connectivity index (χ0) is 33.4. The van der Waals surface area contributed by atoms with E-state index in [2.05, 4.69) is 32.9 Å². The van der Waals surface area contributed by atoms with Crippen LogP contribution in [0.2, 0.25) is 0 Å². The monoisotopic (exact) mass is 646 g/mol. The highest BCUT2D eigenvalue weighted by atomic mass is 16.7. The fourth-order valence-corrected chi connectivity index (χ4v) is 12.1. The molecule has 2 aromatic rings. The lowest BCUT2D eigenvalue weighted by molar-refractivity contribution is -0.212. The van der Waals surface area contributed by atoms with Crippen molar-refractivity contribution in [3.05, 3.63) is 57.1 Å². The second kappa shape index (κ2) is 11.7. The Hall–Kier alpha value is -2.71. The first kappa shape index (κ1) is 32.8.